The highest BCUT2D eigenvalue weighted by molar-refractivity contribution is 5.93. The Kier molecular flexibility index (Phi) is 7.59. The van der Waals surface area contributed by atoms with E-state index in [2.05, 4.69) is 21.6 Å². The molecule has 1 N–H and O–H groups in total. The van der Waals surface area contributed by atoms with Crippen LogP contribution in [0.3, 0.4) is 0 Å². The summed E-state index contributed by atoms with van der Waals surface area (Å²) in [5, 5.41) is 12.6. The lowest BCUT2D eigenvalue weighted by molar-refractivity contribution is -0.129. The van der Waals surface area contributed by atoms with Gasteiger partial charge in [0.1, 0.15) is 6.33 Å². The molecule has 4 aromatic rings. The molecule has 0 saturated carbocycles. The van der Waals surface area contributed by atoms with Crippen LogP contribution in [0.15, 0.2) is 54.9 Å². The van der Waals surface area contributed by atoms with Crippen LogP contribution < -0.4 is 19.5 Å². The Balaban J connectivity index is 1.28. The van der Waals surface area contributed by atoms with Crippen molar-refractivity contribution < 1.29 is 23.8 Å². The number of benzene rings is 3. The van der Waals surface area contributed by atoms with E-state index in [-0.39, 0.29) is 30.1 Å². The van der Waals surface area contributed by atoms with Crippen LogP contribution in [0.1, 0.15) is 12.5 Å². The van der Waals surface area contributed by atoms with E-state index in [4.69, 9.17) is 14.2 Å². The van der Waals surface area contributed by atoms with Crippen LogP contribution >= 0.6 is 0 Å². The van der Waals surface area contributed by atoms with Crippen LogP contribution in [0.4, 0.5) is 5.95 Å². The molecule has 5 rings (SSSR count). The van der Waals surface area contributed by atoms with Crippen LogP contribution in [-0.2, 0) is 23.1 Å². The summed E-state index contributed by atoms with van der Waals surface area (Å²) in [5.74, 6) is 1.74. The lowest BCUT2D eigenvalue weighted by Gasteiger charge is -2.17. The van der Waals surface area contributed by atoms with E-state index < -0.39 is 0 Å². The fraction of sp³-hybridized carbons (Fsp3) is 0.333. The second-order valence-electron chi connectivity index (χ2n) is 10.1. The van der Waals surface area contributed by atoms with Crippen molar-refractivity contribution in [3.63, 3.8) is 0 Å². The smallest absolute Gasteiger partial charge is 0.231 e. The molecule has 2 unspecified atom stereocenters. The van der Waals surface area contributed by atoms with Crippen molar-refractivity contribution in [3.8, 4) is 28.4 Å². The first kappa shape index (κ1) is 27.0. The van der Waals surface area contributed by atoms with Crippen LogP contribution in [-0.4, -0.2) is 65.9 Å². The standard InChI is InChI=1S/C30H33N5O5/c1-18-15-35(16-24(18)29(37)32-30-33-31-17-34(30)2)27(36)11-19-6-7-21-12-22(9-8-20(21)10-19)23-13-25(38-3)28(40-5)26(14-23)39-4/h6-10,12-14,17-18,24H,11,15-16H2,1-5H3,(H,32,33,37). The maximum atomic E-state index is 13.2. The third-order valence-corrected chi connectivity index (χ3v) is 7.51. The topological polar surface area (TPSA) is 108 Å². The van der Waals surface area contributed by atoms with Gasteiger partial charge in [-0.15, -0.1) is 10.2 Å². The maximum Gasteiger partial charge on any atom is 0.231 e. The predicted molar refractivity (Wildman–Crippen MR) is 152 cm³/mol. The van der Waals surface area contributed by atoms with Gasteiger partial charge in [-0.1, -0.05) is 37.3 Å². The molecule has 2 heterocycles. The number of amides is 2. The Morgan fingerprint density at radius 2 is 1.62 bits per heavy atom. The molecule has 3 aromatic carbocycles. The molecule has 2 amide bonds. The summed E-state index contributed by atoms with van der Waals surface area (Å²) in [4.78, 5) is 27.8. The number of hydrogen-bond donors (Lipinski definition) is 1. The average Bonchev–Trinajstić information content (AvgIpc) is 3.56. The molecule has 0 radical (unpaired) electrons. The van der Waals surface area contributed by atoms with Crippen molar-refractivity contribution in [3.05, 3.63) is 60.4 Å². The monoisotopic (exact) mass is 543 g/mol. The molecule has 0 bridgehead atoms. The van der Waals surface area contributed by atoms with Gasteiger partial charge in [0.15, 0.2) is 11.5 Å². The van der Waals surface area contributed by atoms with Crippen molar-refractivity contribution in [2.75, 3.05) is 39.7 Å². The molecule has 0 aliphatic carbocycles. The van der Waals surface area contributed by atoms with Gasteiger partial charge < -0.3 is 23.7 Å². The molecule has 208 valence electrons. The van der Waals surface area contributed by atoms with Crippen LogP contribution in [0.5, 0.6) is 17.2 Å². The van der Waals surface area contributed by atoms with Crippen LogP contribution in [0, 0.1) is 11.8 Å². The number of aryl methyl sites for hydroxylation is 1. The Bertz CT molecular complexity index is 1540. The van der Waals surface area contributed by atoms with Gasteiger partial charge in [-0.05, 0) is 51.6 Å². The highest BCUT2D eigenvalue weighted by Gasteiger charge is 2.37. The lowest BCUT2D eigenvalue weighted by atomic mass is 9.97. The highest BCUT2D eigenvalue weighted by atomic mass is 16.5. The first-order valence-corrected chi connectivity index (χ1v) is 13.1. The number of hydrogen-bond acceptors (Lipinski definition) is 7. The van der Waals surface area contributed by atoms with Gasteiger partial charge in [0, 0.05) is 20.1 Å². The molecule has 40 heavy (non-hydrogen) atoms. The molecule has 1 aromatic heterocycles. The summed E-state index contributed by atoms with van der Waals surface area (Å²) >= 11 is 0. The largest absolute Gasteiger partial charge is 0.493 e. The minimum atomic E-state index is -0.300. The Morgan fingerprint density at radius 3 is 2.27 bits per heavy atom. The van der Waals surface area contributed by atoms with Gasteiger partial charge in [0.2, 0.25) is 23.5 Å². The van der Waals surface area contributed by atoms with E-state index >= 15 is 0 Å². The third-order valence-electron chi connectivity index (χ3n) is 7.51. The SMILES string of the molecule is COc1cc(-c2ccc3cc(CC(=O)N4CC(C)C(C(=O)Nc5nncn5C)C4)ccc3c2)cc(OC)c1OC. The second-order valence-corrected chi connectivity index (χ2v) is 10.1. The number of nitrogens with zero attached hydrogens (tertiary/aromatic N) is 4. The van der Waals surface area contributed by atoms with Gasteiger partial charge in [-0.25, -0.2) is 0 Å². The Morgan fingerprint density at radius 1 is 0.925 bits per heavy atom. The summed E-state index contributed by atoms with van der Waals surface area (Å²) in [5.41, 5.74) is 2.88. The first-order valence-electron chi connectivity index (χ1n) is 13.1. The quantitative estimate of drug-likeness (QED) is 0.359. The summed E-state index contributed by atoms with van der Waals surface area (Å²) in [7, 11) is 6.55. The van der Waals surface area contributed by atoms with Gasteiger partial charge in [0.25, 0.3) is 0 Å². The highest BCUT2D eigenvalue weighted by Crippen LogP contribution is 2.41. The lowest BCUT2D eigenvalue weighted by Crippen LogP contribution is -2.32. The summed E-state index contributed by atoms with van der Waals surface area (Å²) in [6, 6.07) is 16.1. The number of fused-ring (bicyclic) bond motifs is 1. The van der Waals surface area contributed by atoms with Crippen LogP contribution in [0.25, 0.3) is 21.9 Å². The molecule has 1 aliphatic heterocycles. The van der Waals surface area contributed by atoms with Crippen molar-refractivity contribution in [1.29, 1.82) is 0 Å². The fourth-order valence-corrected chi connectivity index (χ4v) is 5.23. The zero-order valence-electron chi connectivity index (χ0n) is 23.3. The molecule has 1 fully saturated rings. The number of aromatic nitrogens is 3. The van der Waals surface area contributed by atoms with Crippen molar-refractivity contribution in [2.24, 2.45) is 18.9 Å². The number of methoxy groups -OCH3 is 3. The third kappa shape index (κ3) is 5.29. The van der Waals surface area contributed by atoms with Gasteiger partial charge >= 0.3 is 0 Å². The minimum absolute atomic E-state index is 0.00852. The number of carbonyl (C=O) groups is 2. The molecule has 10 nitrogen and oxygen atoms in total. The number of rotatable bonds is 8. The molecule has 2 atom stereocenters. The number of ether oxygens (including phenoxy) is 3. The van der Waals surface area contributed by atoms with E-state index in [1.807, 2.05) is 49.4 Å². The predicted octanol–water partition coefficient (Wildman–Crippen LogP) is 3.94. The van der Waals surface area contributed by atoms with Crippen molar-refractivity contribution in [2.45, 2.75) is 13.3 Å². The first-order chi connectivity index (χ1) is 19.3. The van der Waals surface area contributed by atoms with Crippen molar-refractivity contribution >= 4 is 28.5 Å². The van der Waals surface area contributed by atoms with Crippen molar-refractivity contribution in [1.82, 2.24) is 19.7 Å². The maximum absolute atomic E-state index is 13.2. The fourth-order valence-electron chi connectivity index (χ4n) is 5.23. The second kappa shape index (κ2) is 11.3. The number of likely N-dealkylation sites (tertiary alicyclic amines) is 1. The van der Waals surface area contributed by atoms with E-state index in [9.17, 15) is 9.59 Å². The van der Waals surface area contributed by atoms with Gasteiger partial charge in [0.05, 0.1) is 33.7 Å². The molecular formula is C30H33N5O5. The number of carbonyl (C=O) groups excluding carboxylic acids is 2. The Labute approximate surface area is 232 Å². The molecule has 1 aliphatic rings. The average molecular weight is 544 g/mol. The molecule has 1 saturated heterocycles. The van der Waals surface area contributed by atoms with E-state index in [0.717, 1.165) is 27.5 Å². The summed E-state index contributed by atoms with van der Waals surface area (Å²) < 4.78 is 18.1. The van der Waals surface area contributed by atoms with E-state index in [1.54, 1.807) is 37.8 Å². The zero-order chi connectivity index (χ0) is 28.4. The van der Waals surface area contributed by atoms with Crippen LogP contribution in [0.2, 0.25) is 0 Å². The van der Waals surface area contributed by atoms with Gasteiger partial charge in [-0.2, -0.15) is 0 Å². The molecular weight excluding hydrogens is 510 g/mol. The summed E-state index contributed by atoms with van der Waals surface area (Å²) in [6.45, 7) is 2.92. The number of anilines is 1. The van der Waals surface area contributed by atoms with E-state index in [0.29, 0.717) is 36.3 Å². The zero-order valence-corrected chi connectivity index (χ0v) is 23.3. The van der Waals surface area contributed by atoms with Gasteiger partial charge in [-0.3, -0.25) is 14.9 Å². The molecule has 0 spiro atoms. The summed E-state index contributed by atoms with van der Waals surface area (Å²) in [6.07, 6.45) is 1.80. The molecule has 10 heteroatoms. The minimum Gasteiger partial charge on any atom is -0.493 e. The normalized spacial score (nSPS) is 16.7. The van der Waals surface area contributed by atoms with E-state index in [1.165, 1.54) is 6.33 Å². The Hall–Kier alpha value is -4.60. The number of nitrogens with one attached hydrogen (secondary N) is 1.